The van der Waals surface area contributed by atoms with Crippen molar-refractivity contribution in [1.29, 1.82) is 0 Å². The zero-order valence-corrected chi connectivity index (χ0v) is 7.31. The van der Waals surface area contributed by atoms with E-state index in [9.17, 15) is 0 Å². The number of rotatable bonds is 0. The van der Waals surface area contributed by atoms with Gasteiger partial charge in [-0.3, -0.25) is 0 Å². The lowest BCUT2D eigenvalue weighted by atomic mass is 9.73. The lowest BCUT2D eigenvalue weighted by Crippen LogP contribution is -2.21. The van der Waals surface area contributed by atoms with Gasteiger partial charge in [0.1, 0.15) is 0 Å². The molecule has 0 heterocycles. The molecule has 3 aliphatic carbocycles. The van der Waals surface area contributed by atoms with Crippen LogP contribution in [-0.4, -0.2) is 0 Å². The van der Waals surface area contributed by atoms with E-state index in [1.165, 1.54) is 5.92 Å². The molecule has 0 aromatic rings. The number of fused-ring (bicyclic) bond motifs is 1. The van der Waals surface area contributed by atoms with E-state index in [4.69, 9.17) is 0 Å². The topological polar surface area (TPSA) is 0 Å². The number of hydrogen-bond acceptors (Lipinski definition) is 0. The van der Waals surface area contributed by atoms with Gasteiger partial charge in [0.15, 0.2) is 0 Å². The second kappa shape index (κ2) is 2.02. The van der Waals surface area contributed by atoms with E-state index in [-0.39, 0.29) is 0 Å². The predicted octanol–water partition coefficient (Wildman–Crippen LogP) is 3.37. The Morgan fingerprint density at radius 3 is 2.73 bits per heavy atom. The smallest absolute Gasteiger partial charge is 0.0266 e. The maximum atomic E-state index is 1.62. The quantitative estimate of drug-likeness (QED) is 0.496. The molecule has 3 rings (SSSR count). The fourth-order valence-electron chi connectivity index (χ4n) is 4.30. The van der Waals surface area contributed by atoms with Gasteiger partial charge in [-0.1, -0.05) is 19.3 Å². The fourth-order valence-corrected chi connectivity index (χ4v) is 4.30. The Morgan fingerprint density at radius 2 is 1.82 bits per heavy atom. The van der Waals surface area contributed by atoms with Gasteiger partial charge in [0.05, 0.1) is 0 Å². The second-order valence-corrected chi connectivity index (χ2v) is 5.15. The molecule has 0 N–H and O–H groups in total. The lowest BCUT2D eigenvalue weighted by molar-refractivity contribution is 0.184. The van der Waals surface area contributed by atoms with E-state index in [0.717, 1.165) is 11.3 Å². The molecule has 0 heteroatoms. The summed E-state index contributed by atoms with van der Waals surface area (Å²) in [6, 6.07) is 0. The third-order valence-corrected chi connectivity index (χ3v) is 4.69. The molecule has 0 nitrogen and oxygen atoms in total. The van der Waals surface area contributed by atoms with Gasteiger partial charge >= 0.3 is 0 Å². The Morgan fingerprint density at radius 1 is 1.00 bits per heavy atom. The van der Waals surface area contributed by atoms with E-state index in [1.807, 2.05) is 0 Å². The van der Waals surface area contributed by atoms with Gasteiger partial charge in [-0.15, -0.1) is 0 Å². The molecular weight excluding hydrogens is 132 g/mol. The van der Waals surface area contributed by atoms with Crippen molar-refractivity contribution in [3.05, 3.63) is 0 Å². The minimum Gasteiger partial charge on any atom is -0.0525 e. The SMILES string of the molecule is C1CC2CC3CCCC3(C1)C2. The molecular formula is C11H18. The van der Waals surface area contributed by atoms with Crippen LogP contribution >= 0.6 is 0 Å². The van der Waals surface area contributed by atoms with E-state index in [1.54, 1.807) is 51.4 Å². The van der Waals surface area contributed by atoms with Crippen molar-refractivity contribution in [2.75, 3.05) is 0 Å². The Labute approximate surface area is 69.4 Å². The summed E-state index contributed by atoms with van der Waals surface area (Å²) in [4.78, 5) is 0. The van der Waals surface area contributed by atoms with Crippen molar-refractivity contribution in [1.82, 2.24) is 0 Å². The van der Waals surface area contributed by atoms with Crippen LogP contribution in [0.1, 0.15) is 51.4 Å². The second-order valence-electron chi connectivity index (χ2n) is 5.15. The summed E-state index contributed by atoms with van der Waals surface area (Å²) in [6.07, 6.45) is 12.7. The van der Waals surface area contributed by atoms with Crippen molar-refractivity contribution >= 4 is 0 Å². The van der Waals surface area contributed by atoms with E-state index in [2.05, 4.69) is 0 Å². The molecule has 0 saturated heterocycles. The molecule has 0 aromatic carbocycles. The molecule has 3 unspecified atom stereocenters. The summed E-state index contributed by atoms with van der Waals surface area (Å²) in [5.41, 5.74) is 0.906. The van der Waals surface area contributed by atoms with Gasteiger partial charge in [0.2, 0.25) is 0 Å². The highest BCUT2D eigenvalue weighted by Crippen LogP contribution is 2.62. The molecule has 11 heavy (non-hydrogen) atoms. The minimum atomic E-state index is 0.906. The average Bonchev–Trinajstić information content (AvgIpc) is 2.43. The molecule has 0 radical (unpaired) electrons. The Bertz CT molecular complexity index is 173. The summed E-state index contributed by atoms with van der Waals surface area (Å²) in [6.45, 7) is 0. The Balaban J connectivity index is 1.94. The fraction of sp³-hybridized carbons (Fsp3) is 1.00. The van der Waals surface area contributed by atoms with Crippen molar-refractivity contribution in [3.63, 3.8) is 0 Å². The van der Waals surface area contributed by atoms with Crippen LogP contribution in [0.15, 0.2) is 0 Å². The van der Waals surface area contributed by atoms with Crippen LogP contribution in [0.3, 0.4) is 0 Å². The zero-order chi connectivity index (χ0) is 7.31. The first-order valence-corrected chi connectivity index (χ1v) is 5.39. The number of hydrogen-bond donors (Lipinski definition) is 0. The van der Waals surface area contributed by atoms with Crippen LogP contribution < -0.4 is 0 Å². The molecule has 62 valence electrons. The first-order chi connectivity index (χ1) is 5.39. The van der Waals surface area contributed by atoms with Crippen LogP contribution in [0.4, 0.5) is 0 Å². The van der Waals surface area contributed by atoms with Crippen molar-refractivity contribution in [3.8, 4) is 0 Å². The van der Waals surface area contributed by atoms with Gasteiger partial charge in [-0.05, 0) is 49.4 Å². The summed E-state index contributed by atoms with van der Waals surface area (Å²) < 4.78 is 0. The minimum absolute atomic E-state index is 0.906. The molecule has 0 aromatic heterocycles. The Kier molecular flexibility index (Phi) is 1.20. The lowest BCUT2D eigenvalue weighted by Gasteiger charge is -2.32. The van der Waals surface area contributed by atoms with E-state index >= 15 is 0 Å². The summed E-state index contributed by atoms with van der Waals surface area (Å²) in [5, 5.41) is 0. The third kappa shape index (κ3) is 0.761. The monoisotopic (exact) mass is 150 g/mol. The molecule has 3 fully saturated rings. The maximum absolute atomic E-state index is 1.62. The highest BCUT2D eigenvalue weighted by Gasteiger charge is 2.51. The van der Waals surface area contributed by atoms with Gasteiger partial charge in [-0.2, -0.15) is 0 Å². The first-order valence-electron chi connectivity index (χ1n) is 5.39. The Hall–Kier alpha value is 0. The highest BCUT2D eigenvalue weighted by molar-refractivity contribution is 5.01. The van der Waals surface area contributed by atoms with Crippen LogP contribution in [0.2, 0.25) is 0 Å². The normalized spacial score (nSPS) is 54.5. The first kappa shape index (κ1) is 6.51. The summed E-state index contributed by atoms with van der Waals surface area (Å²) >= 11 is 0. The average molecular weight is 150 g/mol. The summed E-state index contributed by atoms with van der Waals surface area (Å²) in [5.74, 6) is 2.34. The van der Waals surface area contributed by atoms with Crippen LogP contribution in [-0.2, 0) is 0 Å². The molecule has 1 spiro atoms. The van der Waals surface area contributed by atoms with Crippen molar-refractivity contribution in [2.45, 2.75) is 51.4 Å². The highest BCUT2D eigenvalue weighted by atomic mass is 14.6. The predicted molar refractivity (Wildman–Crippen MR) is 46.3 cm³/mol. The van der Waals surface area contributed by atoms with Gasteiger partial charge < -0.3 is 0 Å². The van der Waals surface area contributed by atoms with E-state index in [0.29, 0.717) is 0 Å². The van der Waals surface area contributed by atoms with Gasteiger partial charge in [0, 0.05) is 0 Å². The molecule has 0 amide bonds. The molecule has 3 aliphatic rings. The molecule has 2 bridgehead atoms. The molecule has 3 saturated carbocycles. The summed E-state index contributed by atoms with van der Waals surface area (Å²) in [7, 11) is 0. The maximum Gasteiger partial charge on any atom is -0.0266 e. The van der Waals surface area contributed by atoms with Gasteiger partial charge in [0.25, 0.3) is 0 Å². The van der Waals surface area contributed by atoms with E-state index < -0.39 is 0 Å². The van der Waals surface area contributed by atoms with Crippen molar-refractivity contribution in [2.24, 2.45) is 17.3 Å². The third-order valence-electron chi connectivity index (χ3n) is 4.69. The van der Waals surface area contributed by atoms with Crippen LogP contribution in [0.25, 0.3) is 0 Å². The van der Waals surface area contributed by atoms with Crippen LogP contribution in [0, 0.1) is 17.3 Å². The molecule has 3 atom stereocenters. The van der Waals surface area contributed by atoms with Crippen molar-refractivity contribution < 1.29 is 0 Å². The van der Waals surface area contributed by atoms with Crippen LogP contribution in [0.5, 0.6) is 0 Å². The van der Waals surface area contributed by atoms with Gasteiger partial charge in [-0.25, -0.2) is 0 Å². The standard InChI is InChI=1S/C11H18/c1-3-9-7-10-4-2-6-11(10,5-1)8-9/h9-10H,1-8H2. The largest absolute Gasteiger partial charge is 0.0525 e. The molecule has 0 aliphatic heterocycles. The zero-order valence-electron chi connectivity index (χ0n) is 7.31.